The Morgan fingerprint density at radius 2 is 1.96 bits per heavy atom. The molecule has 0 radical (unpaired) electrons. The summed E-state index contributed by atoms with van der Waals surface area (Å²) in [6, 6.07) is -0.311. The first-order valence-corrected chi connectivity index (χ1v) is 8.94. The summed E-state index contributed by atoms with van der Waals surface area (Å²) in [6.07, 6.45) is 1.42. The van der Waals surface area contributed by atoms with Gasteiger partial charge in [-0.2, -0.15) is 0 Å². The number of hydrogen-bond acceptors (Lipinski definition) is 6. The third-order valence-electron chi connectivity index (χ3n) is 4.73. The average Bonchev–Trinajstić information content (AvgIpc) is 3.08. The van der Waals surface area contributed by atoms with Crippen LogP contribution in [-0.4, -0.2) is 36.9 Å². The Morgan fingerprint density at radius 1 is 1.32 bits per heavy atom. The number of carbonyl (C=O) groups excluding carboxylic acids is 2. The van der Waals surface area contributed by atoms with E-state index in [1.807, 2.05) is 20.8 Å². The van der Waals surface area contributed by atoms with Gasteiger partial charge < -0.3 is 14.8 Å². The van der Waals surface area contributed by atoms with Gasteiger partial charge in [0.1, 0.15) is 11.7 Å². The van der Waals surface area contributed by atoms with E-state index < -0.39 is 23.7 Å². The van der Waals surface area contributed by atoms with Gasteiger partial charge in [0.2, 0.25) is 0 Å². The number of hydrogen-bond donors (Lipinski definition) is 2. The predicted octanol–water partition coefficient (Wildman–Crippen LogP) is 2.67. The second-order valence-electron chi connectivity index (χ2n) is 7.59. The lowest BCUT2D eigenvalue weighted by Crippen LogP contribution is -2.39. The third kappa shape index (κ3) is 4.26. The van der Waals surface area contributed by atoms with Gasteiger partial charge in [0.25, 0.3) is 0 Å². The maximum Gasteiger partial charge on any atom is 0.408 e. The molecule has 3 atom stereocenters. The van der Waals surface area contributed by atoms with E-state index in [9.17, 15) is 9.59 Å². The number of alkyl carbamates (subject to hydrolysis) is 1. The number of esters is 1. The Balaban J connectivity index is 2.28. The normalized spacial score (nSPS) is 25.6. The summed E-state index contributed by atoms with van der Waals surface area (Å²) in [7, 11) is 1.37. The molecule has 25 heavy (non-hydrogen) atoms. The molecule has 1 amide bonds. The van der Waals surface area contributed by atoms with E-state index in [-0.39, 0.29) is 12.0 Å². The van der Waals surface area contributed by atoms with Crippen molar-refractivity contribution >= 4 is 12.1 Å². The molecule has 0 aromatic carbocycles. The molecule has 1 fully saturated rings. The summed E-state index contributed by atoms with van der Waals surface area (Å²) in [4.78, 5) is 30.1. The number of amides is 1. The van der Waals surface area contributed by atoms with Gasteiger partial charge >= 0.3 is 12.1 Å². The molecule has 0 spiro atoms. The number of rotatable bonds is 5. The van der Waals surface area contributed by atoms with E-state index in [0.29, 0.717) is 12.3 Å². The van der Waals surface area contributed by atoms with Crippen molar-refractivity contribution in [3.63, 3.8) is 0 Å². The number of ether oxygens (including phenoxy) is 2. The highest BCUT2D eigenvalue weighted by atomic mass is 16.7. The van der Waals surface area contributed by atoms with Crippen LogP contribution < -0.4 is 10.8 Å². The second kappa shape index (κ2) is 7.64. The van der Waals surface area contributed by atoms with Gasteiger partial charge in [0.15, 0.2) is 0 Å². The molecule has 3 unspecified atom stereocenters. The first-order valence-electron chi connectivity index (χ1n) is 8.94. The van der Waals surface area contributed by atoms with Gasteiger partial charge in [-0.1, -0.05) is 13.8 Å². The SMILES string of the molecule is CCC(CC)C1=C2C(NC(=O)OC(C)(C)C)CC(C(=O)OC)C2ON1. The smallest absolute Gasteiger partial charge is 0.408 e. The van der Waals surface area contributed by atoms with E-state index in [4.69, 9.17) is 14.3 Å². The van der Waals surface area contributed by atoms with Gasteiger partial charge in [-0.05, 0) is 40.0 Å². The van der Waals surface area contributed by atoms with Crippen LogP contribution in [0, 0.1) is 11.8 Å². The van der Waals surface area contributed by atoms with E-state index >= 15 is 0 Å². The summed E-state index contributed by atoms with van der Waals surface area (Å²) in [6.45, 7) is 9.67. The summed E-state index contributed by atoms with van der Waals surface area (Å²) in [5.74, 6) is -0.484. The summed E-state index contributed by atoms with van der Waals surface area (Å²) in [5, 5.41) is 2.90. The number of nitrogens with one attached hydrogen (secondary N) is 2. The summed E-state index contributed by atoms with van der Waals surface area (Å²) in [5.41, 5.74) is 4.33. The lowest BCUT2D eigenvalue weighted by Gasteiger charge is -2.23. The molecule has 0 saturated heterocycles. The first kappa shape index (κ1) is 19.6. The number of fused-ring (bicyclic) bond motifs is 1. The molecule has 2 N–H and O–H groups in total. The fourth-order valence-corrected chi connectivity index (χ4v) is 3.57. The van der Waals surface area contributed by atoms with Gasteiger partial charge in [-0.25, -0.2) is 4.79 Å². The highest BCUT2D eigenvalue weighted by Crippen LogP contribution is 2.41. The molecule has 2 rings (SSSR count). The van der Waals surface area contributed by atoms with Gasteiger partial charge in [-0.15, -0.1) is 0 Å². The highest BCUT2D eigenvalue weighted by Gasteiger charge is 2.50. The Kier molecular flexibility index (Phi) is 5.98. The van der Waals surface area contributed by atoms with Gasteiger partial charge in [0, 0.05) is 17.2 Å². The Hall–Kier alpha value is -1.76. The average molecular weight is 354 g/mol. The number of methoxy groups -OCH3 is 1. The van der Waals surface area contributed by atoms with E-state index in [1.165, 1.54) is 7.11 Å². The molecule has 1 heterocycles. The minimum atomic E-state index is -0.582. The van der Waals surface area contributed by atoms with Crippen molar-refractivity contribution in [1.82, 2.24) is 10.8 Å². The van der Waals surface area contributed by atoms with Crippen molar-refractivity contribution in [3.8, 4) is 0 Å². The zero-order chi connectivity index (χ0) is 18.8. The highest BCUT2D eigenvalue weighted by molar-refractivity contribution is 5.76. The number of hydroxylamine groups is 1. The molecule has 7 heteroatoms. The van der Waals surface area contributed by atoms with Crippen LogP contribution in [0.25, 0.3) is 0 Å². The molecule has 0 aromatic heterocycles. The maximum atomic E-state index is 12.2. The minimum absolute atomic E-state index is 0.291. The van der Waals surface area contributed by atoms with Crippen molar-refractivity contribution in [2.75, 3.05) is 7.11 Å². The van der Waals surface area contributed by atoms with Crippen LogP contribution in [0.4, 0.5) is 4.79 Å². The molecule has 2 aliphatic rings. The molecular formula is C18H30N2O5. The Labute approximate surface area is 149 Å². The molecular weight excluding hydrogens is 324 g/mol. The van der Waals surface area contributed by atoms with Crippen molar-refractivity contribution in [2.24, 2.45) is 11.8 Å². The number of allylic oxidation sites excluding steroid dienone is 1. The topological polar surface area (TPSA) is 85.9 Å². The number of carbonyl (C=O) groups is 2. The van der Waals surface area contributed by atoms with Crippen LogP contribution in [0.2, 0.25) is 0 Å². The fraction of sp³-hybridized carbons (Fsp3) is 0.778. The largest absolute Gasteiger partial charge is 0.469 e. The van der Waals surface area contributed by atoms with Crippen molar-refractivity contribution in [3.05, 3.63) is 11.3 Å². The standard InChI is InChI=1S/C18H30N2O5/c1-7-10(8-2)14-13-12(19-17(22)24-18(3,4)5)9-11(16(21)23-6)15(13)25-20-14/h10-12,15,20H,7-9H2,1-6H3,(H,19,22). The molecule has 0 aromatic rings. The Bertz CT molecular complexity index is 548. The van der Waals surface area contributed by atoms with Crippen LogP contribution in [0.3, 0.4) is 0 Å². The van der Waals surface area contributed by atoms with E-state index in [1.54, 1.807) is 0 Å². The zero-order valence-corrected chi connectivity index (χ0v) is 16.0. The predicted molar refractivity (Wildman–Crippen MR) is 92.4 cm³/mol. The van der Waals surface area contributed by atoms with Crippen LogP contribution in [0.1, 0.15) is 53.9 Å². The summed E-state index contributed by atoms with van der Waals surface area (Å²) < 4.78 is 10.3. The molecule has 7 nitrogen and oxygen atoms in total. The first-order chi connectivity index (χ1) is 11.7. The fourth-order valence-electron chi connectivity index (χ4n) is 3.57. The van der Waals surface area contributed by atoms with E-state index in [2.05, 4.69) is 24.6 Å². The lowest BCUT2D eigenvalue weighted by atomic mass is 9.93. The van der Waals surface area contributed by atoms with Crippen LogP contribution in [-0.2, 0) is 19.1 Å². The molecule has 1 aliphatic carbocycles. The maximum absolute atomic E-state index is 12.2. The quantitative estimate of drug-likeness (QED) is 0.738. The van der Waals surface area contributed by atoms with Crippen LogP contribution in [0.5, 0.6) is 0 Å². The van der Waals surface area contributed by atoms with Crippen LogP contribution in [0.15, 0.2) is 11.3 Å². The molecule has 1 aliphatic heterocycles. The summed E-state index contributed by atoms with van der Waals surface area (Å²) >= 11 is 0. The van der Waals surface area contributed by atoms with Crippen molar-refractivity contribution in [1.29, 1.82) is 0 Å². The Morgan fingerprint density at radius 3 is 2.48 bits per heavy atom. The second-order valence-corrected chi connectivity index (χ2v) is 7.59. The van der Waals surface area contributed by atoms with Gasteiger partial charge in [0.05, 0.1) is 19.1 Å². The van der Waals surface area contributed by atoms with Gasteiger partial charge in [-0.3, -0.25) is 15.1 Å². The lowest BCUT2D eigenvalue weighted by molar-refractivity contribution is -0.150. The third-order valence-corrected chi connectivity index (χ3v) is 4.73. The van der Waals surface area contributed by atoms with E-state index in [0.717, 1.165) is 24.1 Å². The minimum Gasteiger partial charge on any atom is -0.469 e. The van der Waals surface area contributed by atoms with Crippen LogP contribution >= 0.6 is 0 Å². The molecule has 0 bridgehead atoms. The molecule has 1 saturated carbocycles. The monoisotopic (exact) mass is 354 g/mol. The van der Waals surface area contributed by atoms with Crippen molar-refractivity contribution in [2.45, 2.75) is 71.6 Å². The molecule has 142 valence electrons. The van der Waals surface area contributed by atoms with Crippen molar-refractivity contribution < 1.29 is 23.9 Å². The zero-order valence-electron chi connectivity index (χ0n) is 16.0.